The molecule has 5 rings (SSSR count). The van der Waals surface area contributed by atoms with Gasteiger partial charge in [-0.3, -0.25) is 4.79 Å². The molecule has 0 radical (unpaired) electrons. The summed E-state index contributed by atoms with van der Waals surface area (Å²) in [5.74, 6) is 0.517. The number of halogens is 1. The van der Waals surface area contributed by atoms with Gasteiger partial charge >= 0.3 is 0 Å². The number of hydrogen-bond acceptors (Lipinski definition) is 5. The van der Waals surface area contributed by atoms with Gasteiger partial charge in [-0.05, 0) is 50.1 Å². The monoisotopic (exact) mass is 483 g/mol. The van der Waals surface area contributed by atoms with Crippen molar-refractivity contribution in [2.75, 3.05) is 18.4 Å². The number of nitrogens with zero attached hydrogens (tertiary/aromatic N) is 4. The summed E-state index contributed by atoms with van der Waals surface area (Å²) in [5.41, 5.74) is 2.10. The minimum atomic E-state index is -3.70. The van der Waals surface area contributed by atoms with Gasteiger partial charge in [0.15, 0.2) is 5.84 Å². The molecule has 3 aromatic rings. The molecule has 0 bridgehead atoms. The van der Waals surface area contributed by atoms with Crippen LogP contribution in [-0.2, 0) is 14.8 Å². The van der Waals surface area contributed by atoms with Gasteiger partial charge in [-0.25, -0.2) is 4.68 Å². The maximum absolute atomic E-state index is 13.2. The molecule has 1 amide bonds. The third-order valence-electron chi connectivity index (χ3n) is 5.84. The van der Waals surface area contributed by atoms with Gasteiger partial charge in [-0.15, -0.1) is 4.40 Å². The van der Waals surface area contributed by atoms with Gasteiger partial charge in [-0.1, -0.05) is 29.8 Å². The molecule has 2 aliphatic rings. The Morgan fingerprint density at radius 3 is 2.79 bits per heavy atom. The molecule has 170 valence electrons. The molecule has 8 nitrogen and oxygen atoms in total. The molecular weight excluding hydrogens is 462 g/mol. The number of carbonyl (C=O) groups excluding carboxylic acids is 1. The number of rotatable bonds is 3. The highest BCUT2D eigenvalue weighted by molar-refractivity contribution is 7.90. The fourth-order valence-electron chi connectivity index (χ4n) is 4.32. The average Bonchev–Trinajstić information content (AvgIpc) is 3.30. The SMILES string of the molecule is Cc1cc(NC(=O)C2CCCN(C3=NS(=O)(=O)c4ccccc43)C2)n(-c2cccc(Cl)c2)n1. The lowest BCUT2D eigenvalue weighted by Gasteiger charge is -2.33. The van der Waals surface area contributed by atoms with Crippen LogP contribution in [0, 0.1) is 12.8 Å². The molecule has 1 fully saturated rings. The number of aromatic nitrogens is 2. The highest BCUT2D eigenvalue weighted by atomic mass is 35.5. The largest absolute Gasteiger partial charge is 0.355 e. The van der Waals surface area contributed by atoms with Crippen molar-refractivity contribution < 1.29 is 13.2 Å². The number of nitrogens with one attached hydrogen (secondary N) is 1. The maximum Gasteiger partial charge on any atom is 0.285 e. The molecule has 0 saturated carbocycles. The number of carbonyl (C=O) groups is 1. The number of sulfonamides is 1. The van der Waals surface area contributed by atoms with Crippen LogP contribution in [0.1, 0.15) is 24.1 Å². The van der Waals surface area contributed by atoms with E-state index in [1.807, 2.05) is 30.0 Å². The van der Waals surface area contributed by atoms with E-state index in [1.54, 1.807) is 41.1 Å². The van der Waals surface area contributed by atoms with E-state index in [1.165, 1.54) is 0 Å². The van der Waals surface area contributed by atoms with Gasteiger partial charge in [0.2, 0.25) is 5.91 Å². The van der Waals surface area contributed by atoms with Crippen LogP contribution in [0.15, 0.2) is 63.9 Å². The van der Waals surface area contributed by atoms with Crippen LogP contribution in [0.3, 0.4) is 0 Å². The van der Waals surface area contributed by atoms with E-state index in [-0.39, 0.29) is 16.7 Å². The molecule has 3 heterocycles. The lowest BCUT2D eigenvalue weighted by atomic mass is 9.96. The fraction of sp³-hybridized carbons (Fsp3) is 0.261. The molecular formula is C23H22ClN5O3S. The Morgan fingerprint density at radius 2 is 1.97 bits per heavy atom. The lowest BCUT2D eigenvalue weighted by Crippen LogP contribution is -2.43. The minimum absolute atomic E-state index is 0.141. The Morgan fingerprint density at radius 1 is 1.15 bits per heavy atom. The third kappa shape index (κ3) is 4.14. The first kappa shape index (κ1) is 21.7. The van der Waals surface area contributed by atoms with E-state index in [0.717, 1.165) is 17.8 Å². The quantitative estimate of drug-likeness (QED) is 0.613. The third-order valence-corrected chi connectivity index (χ3v) is 7.40. The zero-order valence-electron chi connectivity index (χ0n) is 17.9. The molecule has 2 aromatic carbocycles. The van der Waals surface area contributed by atoms with Gasteiger partial charge in [0.05, 0.1) is 17.3 Å². The van der Waals surface area contributed by atoms with E-state index < -0.39 is 10.0 Å². The molecule has 2 aliphatic heterocycles. The van der Waals surface area contributed by atoms with Crippen LogP contribution in [0.5, 0.6) is 0 Å². The number of amidine groups is 1. The minimum Gasteiger partial charge on any atom is -0.355 e. The second-order valence-electron chi connectivity index (χ2n) is 8.22. The molecule has 10 heteroatoms. The van der Waals surface area contributed by atoms with Crippen molar-refractivity contribution in [2.24, 2.45) is 10.3 Å². The van der Waals surface area contributed by atoms with Gasteiger partial charge in [0.25, 0.3) is 10.0 Å². The summed E-state index contributed by atoms with van der Waals surface area (Å²) in [4.78, 5) is 15.3. The van der Waals surface area contributed by atoms with Crippen molar-refractivity contribution in [3.8, 4) is 5.69 Å². The molecule has 1 atom stereocenters. The number of anilines is 1. The van der Waals surface area contributed by atoms with E-state index in [0.29, 0.717) is 41.7 Å². The molecule has 0 spiro atoms. The summed E-state index contributed by atoms with van der Waals surface area (Å²) < 4.78 is 30.6. The van der Waals surface area contributed by atoms with Crippen LogP contribution in [-0.4, -0.2) is 47.9 Å². The Hall–Kier alpha value is -3.17. The predicted octanol–water partition coefficient (Wildman–Crippen LogP) is 3.63. The summed E-state index contributed by atoms with van der Waals surface area (Å²) in [6.07, 6.45) is 1.46. The summed E-state index contributed by atoms with van der Waals surface area (Å²) in [6.45, 7) is 2.89. The van der Waals surface area contributed by atoms with Crippen molar-refractivity contribution in [2.45, 2.75) is 24.7 Å². The Balaban J connectivity index is 1.36. The van der Waals surface area contributed by atoms with Gasteiger partial charge in [0, 0.05) is 29.7 Å². The van der Waals surface area contributed by atoms with Crippen molar-refractivity contribution >= 4 is 39.2 Å². The highest BCUT2D eigenvalue weighted by Crippen LogP contribution is 2.30. The van der Waals surface area contributed by atoms with Crippen LogP contribution in [0.4, 0.5) is 5.82 Å². The van der Waals surface area contributed by atoms with Crippen molar-refractivity contribution in [1.29, 1.82) is 0 Å². The molecule has 1 N–H and O–H groups in total. The molecule has 1 unspecified atom stereocenters. The first-order valence-corrected chi connectivity index (χ1v) is 12.5. The number of fused-ring (bicyclic) bond motifs is 1. The van der Waals surface area contributed by atoms with Crippen LogP contribution in [0.25, 0.3) is 5.69 Å². The Labute approximate surface area is 196 Å². The molecule has 1 aromatic heterocycles. The summed E-state index contributed by atoms with van der Waals surface area (Å²) >= 11 is 6.13. The lowest BCUT2D eigenvalue weighted by molar-refractivity contribution is -0.121. The molecule has 33 heavy (non-hydrogen) atoms. The standard InChI is InChI=1S/C23H22ClN5O3S/c1-15-12-21(29(26-15)18-8-4-7-17(24)13-18)25-23(30)16-6-5-11-28(14-16)22-19-9-2-3-10-20(19)33(31,32)27-22/h2-4,7-10,12-13,16H,5-6,11,14H2,1H3,(H,25,30). The number of piperidine rings is 1. The topological polar surface area (TPSA) is 96.7 Å². The summed E-state index contributed by atoms with van der Waals surface area (Å²) in [5, 5.41) is 8.06. The number of likely N-dealkylation sites (tertiary alicyclic amines) is 1. The van der Waals surface area contributed by atoms with E-state index in [2.05, 4.69) is 14.8 Å². The zero-order valence-corrected chi connectivity index (χ0v) is 19.5. The molecule has 1 saturated heterocycles. The van der Waals surface area contributed by atoms with Crippen LogP contribution >= 0.6 is 11.6 Å². The van der Waals surface area contributed by atoms with E-state index in [4.69, 9.17) is 11.6 Å². The second-order valence-corrected chi connectivity index (χ2v) is 10.2. The van der Waals surface area contributed by atoms with Crippen molar-refractivity contribution in [3.63, 3.8) is 0 Å². The summed E-state index contributed by atoms with van der Waals surface area (Å²) in [7, 11) is -3.70. The fourth-order valence-corrected chi connectivity index (χ4v) is 5.73. The van der Waals surface area contributed by atoms with Crippen molar-refractivity contribution in [3.05, 3.63) is 70.9 Å². The maximum atomic E-state index is 13.2. The Bertz CT molecular complexity index is 1380. The number of amides is 1. The van der Waals surface area contributed by atoms with E-state index in [9.17, 15) is 13.2 Å². The van der Waals surface area contributed by atoms with Gasteiger partial charge in [-0.2, -0.15) is 13.5 Å². The van der Waals surface area contributed by atoms with Crippen LogP contribution in [0.2, 0.25) is 5.02 Å². The number of hydrogen-bond donors (Lipinski definition) is 1. The first-order valence-electron chi connectivity index (χ1n) is 10.6. The van der Waals surface area contributed by atoms with Gasteiger partial charge in [0.1, 0.15) is 10.7 Å². The zero-order chi connectivity index (χ0) is 23.2. The van der Waals surface area contributed by atoms with Gasteiger partial charge < -0.3 is 10.2 Å². The average molecular weight is 484 g/mol. The number of aryl methyl sites for hydroxylation is 1. The van der Waals surface area contributed by atoms with Crippen molar-refractivity contribution in [1.82, 2.24) is 14.7 Å². The second kappa shape index (κ2) is 8.31. The molecule has 0 aliphatic carbocycles. The highest BCUT2D eigenvalue weighted by Gasteiger charge is 2.35. The first-order chi connectivity index (χ1) is 15.8. The van der Waals surface area contributed by atoms with E-state index >= 15 is 0 Å². The van der Waals surface area contributed by atoms with Crippen LogP contribution < -0.4 is 5.32 Å². The Kier molecular flexibility index (Phi) is 5.46. The smallest absolute Gasteiger partial charge is 0.285 e. The summed E-state index contributed by atoms with van der Waals surface area (Å²) in [6, 6.07) is 15.9. The predicted molar refractivity (Wildman–Crippen MR) is 126 cm³/mol. The normalized spacial score (nSPS) is 19.2. The number of benzene rings is 2.